The van der Waals surface area contributed by atoms with Gasteiger partial charge < -0.3 is 10.4 Å². The van der Waals surface area contributed by atoms with Crippen molar-refractivity contribution in [1.29, 1.82) is 0 Å². The van der Waals surface area contributed by atoms with E-state index in [2.05, 4.69) is 51.6 Å². The Bertz CT molecular complexity index is 605. The summed E-state index contributed by atoms with van der Waals surface area (Å²) < 4.78 is 1.11. The van der Waals surface area contributed by atoms with Crippen LogP contribution in [0.2, 0.25) is 0 Å². The van der Waals surface area contributed by atoms with Gasteiger partial charge >= 0.3 is 0 Å². The van der Waals surface area contributed by atoms with Gasteiger partial charge in [0.15, 0.2) is 0 Å². The number of rotatable bonds is 3. The van der Waals surface area contributed by atoms with Crippen molar-refractivity contribution in [2.45, 2.75) is 37.7 Å². The number of hydrogen-bond acceptors (Lipinski definition) is 2. The second-order valence-corrected chi connectivity index (χ2v) is 6.63. The van der Waals surface area contributed by atoms with E-state index in [1.54, 1.807) is 0 Å². The van der Waals surface area contributed by atoms with Crippen molar-refractivity contribution >= 4 is 32.4 Å². The zero-order valence-corrected chi connectivity index (χ0v) is 13.1. The van der Waals surface area contributed by atoms with Crippen molar-refractivity contribution in [2.75, 3.05) is 11.9 Å². The fraction of sp³-hybridized carbons (Fsp3) is 0.412. The lowest BCUT2D eigenvalue weighted by Gasteiger charge is -2.32. The molecule has 1 aliphatic carbocycles. The van der Waals surface area contributed by atoms with Crippen LogP contribution in [0.4, 0.5) is 5.69 Å². The zero-order valence-electron chi connectivity index (χ0n) is 11.5. The molecule has 2 aromatic carbocycles. The summed E-state index contributed by atoms with van der Waals surface area (Å²) in [5.41, 5.74) is 0.565. The van der Waals surface area contributed by atoms with Crippen LogP contribution in [0.1, 0.15) is 32.1 Å². The third kappa shape index (κ3) is 2.84. The molecule has 2 N–H and O–H groups in total. The minimum Gasteiger partial charge on any atom is -0.388 e. The van der Waals surface area contributed by atoms with Crippen molar-refractivity contribution in [1.82, 2.24) is 0 Å². The third-order valence-corrected chi connectivity index (χ3v) is 4.95. The lowest BCUT2D eigenvalue weighted by molar-refractivity contribution is 0.0167. The lowest BCUT2D eigenvalue weighted by atomic mass is 9.85. The minimum atomic E-state index is -0.535. The first kappa shape index (κ1) is 13.9. The van der Waals surface area contributed by atoms with Crippen LogP contribution in [0.5, 0.6) is 0 Å². The fourth-order valence-electron chi connectivity index (χ4n) is 3.06. The Kier molecular flexibility index (Phi) is 3.99. The smallest absolute Gasteiger partial charge is 0.0819 e. The largest absolute Gasteiger partial charge is 0.388 e. The number of fused-ring (bicyclic) bond motifs is 1. The molecule has 0 aliphatic heterocycles. The predicted molar refractivity (Wildman–Crippen MR) is 88.2 cm³/mol. The second-order valence-electron chi connectivity index (χ2n) is 5.78. The van der Waals surface area contributed by atoms with E-state index in [1.807, 2.05) is 6.07 Å². The Hall–Kier alpha value is -1.06. The molecule has 0 heterocycles. The molecule has 3 heteroatoms. The van der Waals surface area contributed by atoms with Crippen LogP contribution in [-0.4, -0.2) is 17.3 Å². The van der Waals surface area contributed by atoms with Gasteiger partial charge in [-0.3, -0.25) is 0 Å². The average molecular weight is 334 g/mol. The average Bonchev–Trinajstić information content (AvgIpc) is 2.48. The first-order chi connectivity index (χ1) is 9.68. The molecule has 0 aromatic heterocycles. The van der Waals surface area contributed by atoms with Gasteiger partial charge in [-0.15, -0.1) is 0 Å². The summed E-state index contributed by atoms with van der Waals surface area (Å²) in [6.07, 6.45) is 5.35. The quantitative estimate of drug-likeness (QED) is 0.852. The number of benzene rings is 2. The lowest BCUT2D eigenvalue weighted by Crippen LogP contribution is -2.38. The third-order valence-electron chi connectivity index (χ3n) is 4.26. The molecular formula is C17H20BrNO. The van der Waals surface area contributed by atoms with Gasteiger partial charge in [0.05, 0.1) is 5.60 Å². The molecular weight excluding hydrogens is 314 g/mol. The molecule has 1 aliphatic rings. The summed E-state index contributed by atoms with van der Waals surface area (Å²) in [6.45, 7) is 0.638. The summed E-state index contributed by atoms with van der Waals surface area (Å²) >= 11 is 3.59. The van der Waals surface area contributed by atoms with Crippen LogP contribution in [0.3, 0.4) is 0 Å². The Morgan fingerprint density at radius 1 is 1.00 bits per heavy atom. The molecule has 106 valence electrons. The van der Waals surface area contributed by atoms with Gasteiger partial charge in [0.1, 0.15) is 0 Å². The molecule has 0 radical (unpaired) electrons. The van der Waals surface area contributed by atoms with Crippen LogP contribution < -0.4 is 5.32 Å². The fourth-order valence-corrected chi connectivity index (χ4v) is 3.54. The maximum atomic E-state index is 10.6. The van der Waals surface area contributed by atoms with Crippen LogP contribution in [0, 0.1) is 0 Å². The van der Waals surface area contributed by atoms with Crippen molar-refractivity contribution in [2.24, 2.45) is 0 Å². The van der Waals surface area contributed by atoms with Gasteiger partial charge in [-0.05, 0) is 30.4 Å². The molecule has 1 saturated carbocycles. The van der Waals surface area contributed by atoms with Crippen molar-refractivity contribution in [3.8, 4) is 0 Å². The van der Waals surface area contributed by atoms with Gasteiger partial charge in [0.25, 0.3) is 0 Å². The topological polar surface area (TPSA) is 32.3 Å². The highest BCUT2D eigenvalue weighted by Gasteiger charge is 2.28. The molecule has 2 nitrogen and oxygen atoms in total. The minimum absolute atomic E-state index is 0.535. The normalized spacial score (nSPS) is 18.1. The van der Waals surface area contributed by atoms with Crippen LogP contribution in [-0.2, 0) is 0 Å². The van der Waals surface area contributed by atoms with E-state index in [0.717, 1.165) is 35.8 Å². The van der Waals surface area contributed by atoms with Gasteiger partial charge in [-0.25, -0.2) is 0 Å². The van der Waals surface area contributed by atoms with Crippen molar-refractivity contribution in [3.05, 3.63) is 40.9 Å². The van der Waals surface area contributed by atoms with Crippen molar-refractivity contribution < 1.29 is 5.11 Å². The standard InChI is InChI=1S/C17H20BrNO/c18-15-8-9-16(14-7-3-2-6-13(14)15)19-12-17(20)10-4-1-5-11-17/h2-3,6-9,19-20H,1,4-5,10-12H2. The monoisotopic (exact) mass is 333 g/mol. The first-order valence-electron chi connectivity index (χ1n) is 7.31. The van der Waals surface area contributed by atoms with Gasteiger partial charge in [-0.1, -0.05) is 59.5 Å². The van der Waals surface area contributed by atoms with E-state index < -0.39 is 5.60 Å². The summed E-state index contributed by atoms with van der Waals surface area (Å²) in [7, 11) is 0. The molecule has 20 heavy (non-hydrogen) atoms. The highest BCUT2D eigenvalue weighted by atomic mass is 79.9. The van der Waals surface area contributed by atoms with Crippen LogP contribution in [0.15, 0.2) is 40.9 Å². The van der Waals surface area contributed by atoms with E-state index in [0.29, 0.717) is 6.54 Å². The first-order valence-corrected chi connectivity index (χ1v) is 8.11. The van der Waals surface area contributed by atoms with Gasteiger partial charge in [0.2, 0.25) is 0 Å². The molecule has 0 unspecified atom stereocenters. The van der Waals surface area contributed by atoms with E-state index >= 15 is 0 Å². The van der Waals surface area contributed by atoms with E-state index in [4.69, 9.17) is 0 Å². The Labute approximate surface area is 128 Å². The van der Waals surface area contributed by atoms with E-state index in [-0.39, 0.29) is 0 Å². The number of aliphatic hydroxyl groups is 1. The molecule has 0 saturated heterocycles. The Morgan fingerprint density at radius 2 is 1.70 bits per heavy atom. The van der Waals surface area contributed by atoms with Gasteiger partial charge in [0, 0.05) is 22.1 Å². The zero-order chi connectivity index (χ0) is 14.0. The summed E-state index contributed by atoms with van der Waals surface area (Å²) in [6, 6.07) is 12.5. The summed E-state index contributed by atoms with van der Waals surface area (Å²) in [4.78, 5) is 0. The molecule has 0 atom stereocenters. The number of anilines is 1. The molecule has 2 aromatic rings. The molecule has 0 spiro atoms. The van der Waals surface area contributed by atoms with Crippen LogP contribution >= 0.6 is 15.9 Å². The predicted octanol–water partition coefficient (Wildman–Crippen LogP) is 4.71. The SMILES string of the molecule is OC1(CNc2ccc(Br)c3ccccc23)CCCCC1. The Balaban J connectivity index is 1.82. The second kappa shape index (κ2) is 5.74. The summed E-state index contributed by atoms with van der Waals surface area (Å²) in [5.74, 6) is 0. The highest BCUT2D eigenvalue weighted by molar-refractivity contribution is 9.10. The highest BCUT2D eigenvalue weighted by Crippen LogP contribution is 2.32. The number of hydrogen-bond donors (Lipinski definition) is 2. The number of halogens is 1. The Morgan fingerprint density at radius 3 is 2.45 bits per heavy atom. The van der Waals surface area contributed by atoms with E-state index in [9.17, 15) is 5.11 Å². The maximum Gasteiger partial charge on any atom is 0.0819 e. The van der Waals surface area contributed by atoms with Crippen LogP contribution in [0.25, 0.3) is 10.8 Å². The number of nitrogens with one attached hydrogen (secondary N) is 1. The summed E-state index contributed by atoms with van der Waals surface area (Å²) in [5, 5.41) is 16.4. The maximum absolute atomic E-state index is 10.6. The molecule has 1 fully saturated rings. The molecule has 3 rings (SSSR count). The molecule has 0 amide bonds. The van der Waals surface area contributed by atoms with Gasteiger partial charge in [-0.2, -0.15) is 0 Å². The molecule has 0 bridgehead atoms. The van der Waals surface area contributed by atoms with E-state index in [1.165, 1.54) is 17.2 Å². The van der Waals surface area contributed by atoms with Crippen molar-refractivity contribution in [3.63, 3.8) is 0 Å².